The second kappa shape index (κ2) is 8.15. The summed E-state index contributed by atoms with van der Waals surface area (Å²) in [6, 6.07) is 12.3. The van der Waals surface area contributed by atoms with Gasteiger partial charge in [-0.1, -0.05) is 6.07 Å². The topological polar surface area (TPSA) is 67.4 Å². The second-order valence-corrected chi connectivity index (χ2v) is 5.61. The Hall–Kier alpha value is -2.82. The monoisotopic (exact) mass is 326 g/mol. The summed E-state index contributed by atoms with van der Waals surface area (Å²) in [5, 5.41) is 5.43. The van der Waals surface area contributed by atoms with Crippen LogP contribution in [0.1, 0.15) is 28.4 Å². The molecule has 0 radical (unpaired) electrons. The van der Waals surface area contributed by atoms with Crippen molar-refractivity contribution in [2.24, 2.45) is 0 Å². The molecule has 0 bridgehead atoms. The van der Waals surface area contributed by atoms with Crippen LogP contribution in [0.15, 0.2) is 42.5 Å². The summed E-state index contributed by atoms with van der Waals surface area (Å²) < 4.78 is 5.60. The highest BCUT2D eigenvalue weighted by molar-refractivity contribution is 5.95. The molecule has 0 aliphatic rings. The average molecular weight is 326 g/mol. The maximum Gasteiger partial charge on any atom is 0.319 e. The number of carbonyl (C=O) groups excluding carboxylic acids is 2. The molecular weight excluding hydrogens is 304 g/mol. The fourth-order valence-electron chi connectivity index (χ4n) is 2.10. The minimum absolute atomic E-state index is 0.00510. The number of urea groups is 1. The molecule has 24 heavy (non-hydrogen) atoms. The van der Waals surface area contributed by atoms with Gasteiger partial charge < -0.3 is 15.4 Å². The Kier molecular flexibility index (Phi) is 5.95. The van der Waals surface area contributed by atoms with Gasteiger partial charge in [0.2, 0.25) is 0 Å². The highest BCUT2D eigenvalue weighted by Crippen LogP contribution is 2.16. The fraction of sp³-hybridized carbons (Fsp3) is 0.263. The predicted molar refractivity (Wildman–Crippen MR) is 94.9 cm³/mol. The summed E-state index contributed by atoms with van der Waals surface area (Å²) in [6.45, 7) is 6.37. The molecule has 2 N–H and O–H groups in total. The number of ether oxygens (including phenoxy) is 1. The third-order valence-corrected chi connectivity index (χ3v) is 3.68. The number of nitrogens with one attached hydrogen (secondary N) is 2. The number of benzene rings is 2. The van der Waals surface area contributed by atoms with Crippen LogP contribution in [0.3, 0.4) is 0 Å². The summed E-state index contributed by atoms with van der Waals surface area (Å²) in [7, 11) is 0. The van der Waals surface area contributed by atoms with Gasteiger partial charge in [0.1, 0.15) is 12.4 Å². The first-order valence-corrected chi connectivity index (χ1v) is 7.81. The van der Waals surface area contributed by atoms with Gasteiger partial charge in [0.25, 0.3) is 0 Å². The number of carbonyl (C=O) groups is 2. The van der Waals surface area contributed by atoms with Crippen molar-refractivity contribution >= 4 is 17.5 Å². The van der Waals surface area contributed by atoms with E-state index >= 15 is 0 Å². The molecule has 0 fully saturated rings. The van der Waals surface area contributed by atoms with Gasteiger partial charge in [-0.15, -0.1) is 0 Å². The molecule has 5 nitrogen and oxygen atoms in total. The molecule has 2 rings (SSSR count). The highest BCUT2D eigenvalue weighted by Gasteiger charge is 2.03. The van der Waals surface area contributed by atoms with Gasteiger partial charge in [-0.05, 0) is 68.3 Å². The normalized spacial score (nSPS) is 10.1. The number of Topliss-reactive ketones (excluding diaryl/α,β-unsaturated/α-hetero) is 1. The summed E-state index contributed by atoms with van der Waals surface area (Å²) in [6.07, 6.45) is 0. The zero-order valence-corrected chi connectivity index (χ0v) is 14.2. The zero-order chi connectivity index (χ0) is 17.5. The molecule has 0 spiro atoms. The van der Waals surface area contributed by atoms with Crippen LogP contribution in [0.2, 0.25) is 0 Å². The number of hydrogen-bond acceptors (Lipinski definition) is 3. The number of aryl methyl sites for hydroxylation is 2. The molecule has 0 saturated carbocycles. The SMILES string of the molecule is CC(=O)c1ccc(NC(=O)NCCOc2ccc(C)c(C)c2)cc1. The van der Waals surface area contributed by atoms with Gasteiger partial charge in [0, 0.05) is 11.3 Å². The number of hydrogen-bond donors (Lipinski definition) is 2. The Morgan fingerprint density at radius 2 is 1.71 bits per heavy atom. The number of rotatable bonds is 6. The third kappa shape index (κ3) is 5.12. The predicted octanol–water partition coefficient (Wildman–Crippen LogP) is 3.71. The molecule has 0 aromatic heterocycles. The minimum atomic E-state index is -0.311. The van der Waals surface area contributed by atoms with Crippen molar-refractivity contribution in [3.05, 3.63) is 59.2 Å². The van der Waals surface area contributed by atoms with E-state index in [1.165, 1.54) is 18.1 Å². The van der Waals surface area contributed by atoms with Crippen molar-refractivity contribution < 1.29 is 14.3 Å². The minimum Gasteiger partial charge on any atom is -0.492 e. The van der Waals surface area contributed by atoms with Crippen molar-refractivity contribution in [3.8, 4) is 5.75 Å². The van der Waals surface area contributed by atoms with Crippen LogP contribution in [-0.4, -0.2) is 25.0 Å². The largest absolute Gasteiger partial charge is 0.492 e. The van der Waals surface area contributed by atoms with Crippen molar-refractivity contribution in [2.75, 3.05) is 18.5 Å². The standard InChI is InChI=1S/C19H22N2O3/c1-13-4-9-18(12-14(13)2)24-11-10-20-19(23)21-17-7-5-16(6-8-17)15(3)22/h4-9,12H,10-11H2,1-3H3,(H2,20,21,23). The Morgan fingerprint density at radius 3 is 2.33 bits per heavy atom. The highest BCUT2D eigenvalue weighted by atomic mass is 16.5. The third-order valence-electron chi connectivity index (χ3n) is 3.68. The molecule has 0 aliphatic heterocycles. The maximum absolute atomic E-state index is 11.8. The second-order valence-electron chi connectivity index (χ2n) is 5.61. The summed E-state index contributed by atoms with van der Waals surface area (Å²) in [5.74, 6) is 0.787. The van der Waals surface area contributed by atoms with Crippen LogP contribution in [-0.2, 0) is 0 Å². The smallest absolute Gasteiger partial charge is 0.319 e. The van der Waals surface area contributed by atoms with Gasteiger partial charge in [-0.3, -0.25) is 4.79 Å². The van der Waals surface area contributed by atoms with E-state index in [-0.39, 0.29) is 11.8 Å². The maximum atomic E-state index is 11.8. The molecule has 2 aromatic carbocycles. The molecule has 2 aromatic rings. The first kappa shape index (κ1) is 17.5. The van der Waals surface area contributed by atoms with Gasteiger partial charge in [-0.25, -0.2) is 4.79 Å². The van der Waals surface area contributed by atoms with Gasteiger partial charge >= 0.3 is 6.03 Å². The van der Waals surface area contributed by atoms with E-state index in [1.54, 1.807) is 24.3 Å². The summed E-state index contributed by atoms with van der Waals surface area (Å²) >= 11 is 0. The van der Waals surface area contributed by atoms with Gasteiger partial charge in [-0.2, -0.15) is 0 Å². The molecule has 126 valence electrons. The first-order valence-electron chi connectivity index (χ1n) is 7.81. The van der Waals surface area contributed by atoms with Gasteiger partial charge in [0.15, 0.2) is 5.78 Å². The lowest BCUT2D eigenvalue weighted by atomic mass is 10.1. The Labute approximate surface area is 142 Å². The van der Waals surface area contributed by atoms with E-state index in [0.717, 1.165) is 5.75 Å². The molecule has 2 amide bonds. The van der Waals surface area contributed by atoms with Crippen molar-refractivity contribution in [1.29, 1.82) is 0 Å². The van der Waals surface area contributed by atoms with Crippen LogP contribution in [0.4, 0.5) is 10.5 Å². The van der Waals surface area contributed by atoms with Crippen LogP contribution >= 0.6 is 0 Å². The van der Waals surface area contributed by atoms with Crippen molar-refractivity contribution in [2.45, 2.75) is 20.8 Å². The summed E-state index contributed by atoms with van der Waals surface area (Å²) in [5.41, 5.74) is 3.64. The van der Waals surface area contributed by atoms with E-state index < -0.39 is 0 Å². The molecule has 0 atom stereocenters. The lowest BCUT2D eigenvalue weighted by Crippen LogP contribution is -2.32. The van der Waals surface area contributed by atoms with Crippen LogP contribution in [0, 0.1) is 13.8 Å². The first-order chi connectivity index (χ1) is 11.5. The van der Waals surface area contributed by atoms with E-state index in [4.69, 9.17) is 4.74 Å². The van der Waals surface area contributed by atoms with E-state index in [1.807, 2.05) is 32.0 Å². The Balaban J connectivity index is 1.73. The zero-order valence-electron chi connectivity index (χ0n) is 14.2. The average Bonchev–Trinajstić information content (AvgIpc) is 2.55. The number of amides is 2. The molecule has 0 unspecified atom stereocenters. The Morgan fingerprint density at radius 1 is 1.00 bits per heavy atom. The fourth-order valence-corrected chi connectivity index (χ4v) is 2.10. The van der Waals surface area contributed by atoms with Crippen LogP contribution in [0.25, 0.3) is 0 Å². The molecule has 5 heteroatoms. The molecule has 0 saturated heterocycles. The molecule has 0 aliphatic carbocycles. The quantitative estimate of drug-likeness (QED) is 0.628. The van der Waals surface area contributed by atoms with Crippen LogP contribution in [0.5, 0.6) is 5.75 Å². The van der Waals surface area contributed by atoms with Crippen LogP contribution < -0.4 is 15.4 Å². The van der Waals surface area contributed by atoms with Crippen molar-refractivity contribution in [1.82, 2.24) is 5.32 Å². The van der Waals surface area contributed by atoms with E-state index in [9.17, 15) is 9.59 Å². The molecular formula is C19H22N2O3. The van der Waals surface area contributed by atoms with E-state index in [0.29, 0.717) is 24.4 Å². The summed E-state index contributed by atoms with van der Waals surface area (Å²) in [4.78, 5) is 23.0. The van der Waals surface area contributed by atoms with Gasteiger partial charge in [0.05, 0.1) is 6.54 Å². The van der Waals surface area contributed by atoms with E-state index in [2.05, 4.69) is 10.6 Å². The molecule has 0 heterocycles. The van der Waals surface area contributed by atoms with Crippen molar-refractivity contribution in [3.63, 3.8) is 0 Å². The number of anilines is 1. The lowest BCUT2D eigenvalue weighted by molar-refractivity contribution is 0.101. The Bertz CT molecular complexity index is 724. The lowest BCUT2D eigenvalue weighted by Gasteiger charge is -2.10. The number of ketones is 1.